The topological polar surface area (TPSA) is 81.3 Å². The largest absolute Gasteiger partial charge is 0.466 e. The first-order valence-corrected chi connectivity index (χ1v) is 6.53. The van der Waals surface area contributed by atoms with Crippen LogP contribution in [0.3, 0.4) is 0 Å². The second-order valence-corrected chi connectivity index (χ2v) is 4.95. The smallest absolute Gasteiger partial charge is 0.310 e. The van der Waals surface area contributed by atoms with E-state index in [0.29, 0.717) is 18.3 Å². The van der Waals surface area contributed by atoms with Crippen molar-refractivity contribution >= 4 is 27.6 Å². The first-order valence-electron chi connectivity index (χ1n) is 5.71. The monoisotopic (exact) mass is 256 g/mol. The zero-order valence-corrected chi connectivity index (χ0v) is 10.6. The molecular formula is C10H16N4O2S. The molecule has 0 amide bonds. The van der Waals surface area contributed by atoms with Gasteiger partial charge in [-0.2, -0.15) is 0 Å². The Balaban J connectivity index is 1.99. The van der Waals surface area contributed by atoms with Crippen molar-refractivity contribution in [3.63, 3.8) is 0 Å². The van der Waals surface area contributed by atoms with Gasteiger partial charge in [0.1, 0.15) is 0 Å². The van der Waals surface area contributed by atoms with Crippen LogP contribution >= 0.6 is 11.3 Å². The summed E-state index contributed by atoms with van der Waals surface area (Å²) in [6.45, 7) is 3.79. The summed E-state index contributed by atoms with van der Waals surface area (Å²) in [5.41, 5.74) is 5.55. The number of aromatic nitrogens is 2. The maximum Gasteiger partial charge on any atom is 0.310 e. The molecule has 0 spiro atoms. The van der Waals surface area contributed by atoms with Crippen LogP contribution in [0.25, 0.3) is 0 Å². The van der Waals surface area contributed by atoms with Crippen molar-refractivity contribution in [3.8, 4) is 0 Å². The molecule has 17 heavy (non-hydrogen) atoms. The van der Waals surface area contributed by atoms with Gasteiger partial charge >= 0.3 is 5.97 Å². The normalized spacial score (nSPS) is 20.3. The molecule has 0 aliphatic carbocycles. The van der Waals surface area contributed by atoms with E-state index in [1.54, 1.807) is 0 Å². The van der Waals surface area contributed by atoms with Gasteiger partial charge in [-0.15, -0.1) is 10.2 Å². The maximum absolute atomic E-state index is 11.7. The summed E-state index contributed by atoms with van der Waals surface area (Å²) in [6.07, 6.45) is 1.84. The van der Waals surface area contributed by atoms with Gasteiger partial charge < -0.3 is 15.4 Å². The third-order valence-electron chi connectivity index (χ3n) is 2.74. The van der Waals surface area contributed by atoms with Gasteiger partial charge in [0.15, 0.2) is 0 Å². The molecule has 0 saturated carbocycles. The second kappa shape index (κ2) is 5.31. The van der Waals surface area contributed by atoms with Gasteiger partial charge in [0.2, 0.25) is 10.3 Å². The minimum absolute atomic E-state index is 0.0613. The number of nitrogens with two attached hydrogens (primary N) is 1. The van der Waals surface area contributed by atoms with Crippen molar-refractivity contribution in [2.24, 2.45) is 5.92 Å². The van der Waals surface area contributed by atoms with Crippen molar-refractivity contribution in [1.29, 1.82) is 0 Å². The van der Waals surface area contributed by atoms with Gasteiger partial charge in [-0.1, -0.05) is 11.3 Å². The highest BCUT2D eigenvalue weighted by Gasteiger charge is 2.28. The Bertz CT molecular complexity index is 395. The van der Waals surface area contributed by atoms with Crippen LogP contribution in [0.1, 0.15) is 19.8 Å². The summed E-state index contributed by atoms with van der Waals surface area (Å²) in [5, 5.41) is 9.03. The summed E-state index contributed by atoms with van der Waals surface area (Å²) >= 11 is 1.35. The predicted molar refractivity (Wildman–Crippen MR) is 65.9 cm³/mol. The molecule has 1 atom stereocenters. The summed E-state index contributed by atoms with van der Waals surface area (Å²) in [5.74, 6) is -0.177. The Morgan fingerprint density at radius 1 is 1.65 bits per heavy atom. The molecule has 0 bridgehead atoms. The standard InChI is InChI=1S/C10H16N4O2S/c1-2-16-8(15)7-4-3-5-14(6-7)10-13-12-9(11)17-10/h7H,2-6H2,1H3,(H2,11,12)/t7-/m0/s1. The predicted octanol–water partition coefficient (Wildman–Crippen LogP) is 0.900. The van der Waals surface area contributed by atoms with Crippen LogP contribution in [0.4, 0.5) is 10.3 Å². The third-order valence-corrected chi connectivity index (χ3v) is 3.56. The van der Waals surface area contributed by atoms with Gasteiger partial charge in [-0.25, -0.2) is 0 Å². The lowest BCUT2D eigenvalue weighted by Gasteiger charge is -2.30. The average Bonchev–Trinajstić information content (AvgIpc) is 2.76. The summed E-state index contributed by atoms with van der Waals surface area (Å²) in [4.78, 5) is 13.7. The van der Waals surface area contributed by atoms with Gasteiger partial charge in [0.05, 0.1) is 12.5 Å². The van der Waals surface area contributed by atoms with Crippen molar-refractivity contribution < 1.29 is 9.53 Å². The van der Waals surface area contributed by atoms with Crippen molar-refractivity contribution in [2.75, 3.05) is 30.3 Å². The van der Waals surface area contributed by atoms with Crippen LogP contribution in [-0.4, -0.2) is 35.9 Å². The molecule has 0 aromatic carbocycles. The lowest BCUT2D eigenvalue weighted by atomic mass is 9.99. The van der Waals surface area contributed by atoms with E-state index in [0.717, 1.165) is 24.5 Å². The van der Waals surface area contributed by atoms with Crippen LogP contribution in [-0.2, 0) is 9.53 Å². The third kappa shape index (κ3) is 2.85. The minimum Gasteiger partial charge on any atom is -0.466 e. The highest BCUT2D eigenvalue weighted by Crippen LogP contribution is 2.27. The molecule has 2 rings (SSSR count). The quantitative estimate of drug-likeness (QED) is 0.809. The van der Waals surface area contributed by atoms with E-state index < -0.39 is 0 Å². The fourth-order valence-electron chi connectivity index (χ4n) is 1.96. The van der Waals surface area contributed by atoms with Crippen molar-refractivity contribution in [3.05, 3.63) is 0 Å². The molecule has 2 N–H and O–H groups in total. The number of hydrogen-bond donors (Lipinski definition) is 1. The maximum atomic E-state index is 11.7. The number of esters is 1. The van der Waals surface area contributed by atoms with E-state index >= 15 is 0 Å². The number of hydrogen-bond acceptors (Lipinski definition) is 7. The Hall–Kier alpha value is -1.37. The Labute approximate surface area is 104 Å². The highest BCUT2D eigenvalue weighted by atomic mass is 32.1. The Kier molecular flexibility index (Phi) is 3.78. The number of carbonyl (C=O) groups is 1. The number of piperidine rings is 1. The van der Waals surface area contributed by atoms with Crippen LogP contribution in [0.15, 0.2) is 0 Å². The molecule has 1 aromatic heterocycles. The first-order chi connectivity index (χ1) is 8.20. The Morgan fingerprint density at radius 2 is 2.47 bits per heavy atom. The van der Waals surface area contributed by atoms with Crippen molar-refractivity contribution in [1.82, 2.24) is 10.2 Å². The van der Waals surface area contributed by atoms with E-state index in [9.17, 15) is 4.79 Å². The molecule has 1 aromatic rings. The molecule has 1 saturated heterocycles. The molecule has 6 nitrogen and oxygen atoms in total. The van der Waals surface area contributed by atoms with Gasteiger partial charge in [0.25, 0.3) is 0 Å². The molecular weight excluding hydrogens is 240 g/mol. The molecule has 1 aliphatic rings. The fourth-order valence-corrected chi connectivity index (χ4v) is 2.60. The number of rotatable bonds is 3. The minimum atomic E-state index is -0.116. The van der Waals surface area contributed by atoms with Crippen LogP contribution in [0.5, 0.6) is 0 Å². The number of nitrogens with zero attached hydrogens (tertiary/aromatic N) is 3. The van der Waals surface area contributed by atoms with Crippen molar-refractivity contribution in [2.45, 2.75) is 19.8 Å². The summed E-state index contributed by atoms with van der Waals surface area (Å²) < 4.78 is 5.05. The van der Waals surface area contributed by atoms with Gasteiger partial charge in [-0.05, 0) is 19.8 Å². The lowest BCUT2D eigenvalue weighted by Crippen LogP contribution is -2.39. The van der Waals surface area contributed by atoms with E-state index in [-0.39, 0.29) is 11.9 Å². The Morgan fingerprint density at radius 3 is 3.12 bits per heavy atom. The molecule has 94 valence electrons. The lowest BCUT2D eigenvalue weighted by molar-refractivity contribution is -0.148. The summed E-state index contributed by atoms with van der Waals surface area (Å²) in [7, 11) is 0. The van der Waals surface area contributed by atoms with Crippen LogP contribution in [0, 0.1) is 5.92 Å². The molecule has 7 heteroatoms. The molecule has 1 fully saturated rings. The second-order valence-electron chi connectivity index (χ2n) is 3.96. The SMILES string of the molecule is CCOC(=O)[C@H]1CCCN(c2nnc(N)s2)C1. The highest BCUT2D eigenvalue weighted by molar-refractivity contribution is 7.18. The number of anilines is 2. The number of nitrogen functional groups attached to an aromatic ring is 1. The summed E-state index contributed by atoms with van der Waals surface area (Å²) in [6, 6.07) is 0. The zero-order chi connectivity index (χ0) is 12.3. The van der Waals surface area contributed by atoms with Gasteiger partial charge in [0, 0.05) is 13.1 Å². The molecule has 0 radical (unpaired) electrons. The number of carbonyl (C=O) groups excluding carboxylic acids is 1. The molecule has 2 heterocycles. The van der Waals surface area contributed by atoms with Crippen LogP contribution in [0.2, 0.25) is 0 Å². The average molecular weight is 256 g/mol. The van der Waals surface area contributed by atoms with E-state index in [1.165, 1.54) is 11.3 Å². The molecule has 0 unspecified atom stereocenters. The number of ether oxygens (including phenoxy) is 1. The van der Waals surface area contributed by atoms with E-state index in [1.807, 2.05) is 6.92 Å². The van der Waals surface area contributed by atoms with Gasteiger partial charge in [-0.3, -0.25) is 4.79 Å². The first kappa shape index (κ1) is 12.1. The van der Waals surface area contributed by atoms with E-state index in [2.05, 4.69) is 15.1 Å². The zero-order valence-electron chi connectivity index (χ0n) is 9.76. The molecule has 1 aliphatic heterocycles. The van der Waals surface area contributed by atoms with Crippen LogP contribution < -0.4 is 10.6 Å². The fraction of sp³-hybridized carbons (Fsp3) is 0.700. The van der Waals surface area contributed by atoms with E-state index in [4.69, 9.17) is 10.5 Å².